The molecule has 0 amide bonds. The largest absolute Gasteiger partial charge is 0.368 e. The summed E-state index contributed by atoms with van der Waals surface area (Å²) in [6.07, 6.45) is 7.56. The van der Waals surface area contributed by atoms with Crippen LogP contribution in [-0.2, 0) is 0 Å². The Labute approximate surface area is 158 Å². The van der Waals surface area contributed by atoms with Crippen LogP contribution in [0.15, 0.2) is 29.6 Å². The number of aromatic nitrogens is 3. The number of hydrogen-bond donors (Lipinski definition) is 0. The van der Waals surface area contributed by atoms with Crippen molar-refractivity contribution >= 4 is 23.3 Å². The molecule has 6 nitrogen and oxygen atoms in total. The molecule has 134 valence electrons. The van der Waals surface area contributed by atoms with Gasteiger partial charge in [-0.25, -0.2) is 15.0 Å². The summed E-state index contributed by atoms with van der Waals surface area (Å²) in [6.45, 7) is 3.65. The summed E-state index contributed by atoms with van der Waals surface area (Å²) in [5.74, 6) is 1.67. The summed E-state index contributed by atoms with van der Waals surface area (Å²) in [6, 6.07) is 8.14. The SMILES string of the molecule is CSc1nc(C2CCC2)cc(N2CCN(c3ccnc(C#N)c3)CC2)n1. The van der Waals surface area contributed by atoms with Gasteiger partial charge >= 0.3 is 0 Å². The fourth-order valence-electron chi connectivity index (χ4n) is 3.47. The van der Waals surface area contributed by atoms with Crippen molar-refractivity contribution < 1.29 is 0 Å². The number of nitriles is 1. The maximum Gasteiger partial charge on any atom is 0.189 e. The molecule has 2 aliphatic rings. The number of thioether (sulfide) groups is 1. The van der Waals surface area contributed by atoms with Crippen molar-refractivity contribution in [3.63, 3.8) is 0 Å². The Morgan fingerprint density at radius 2 is 1.88 bits per heavy atom. The minimum Gasteiger partial charge on any atom is -0.368 e. The highest BCUT2D eigenvalue weighted by Gasteiger charge is 2.25. The number of pyridine rings is 1. The van der Waals surface area contributed by atoms with Crippen molar-refractivity contribution in [3.05, 3.63) is 35.8 Å². The molecule has 2 aromatic heterocycles. The Hall–Kier alpha value is -2.33. The third-order valence-corrected chi connectivity index (χ3v) is 5.79. The van der Waals surface area contributed by atoms with E-state index in [1.54, 1.807) is 18.0 Å². The first kappa shape index (κ1) is 17.1. The van der Waals surface area contributed by atoms with Crippen molar-refractivity contribution in [2.75, 3.05) is 42.2 Å². The molecule has 0 radical (unpaired) electrons. The molecule has 0 bridgehead atoms. The summed E-state index contributed by atoms with van der Waals surface area (Å²) in [5.41, 5.74) is 2.75. The van der Waals surface area contributed by atoms with E-state index in [0.29, 0.717) is 11.6 Å². The number of hydrogen-bond acceptors (Lipinski definition) is 7. The Morgan fingerprint density at radius 3 is 2.54 bits per heavy atom. The van der Waals surface area contributed by atoms with Gasteiger partial charge in [0.05, 0.1) is 5.69 Å². The highest BCUT2D eigenvalue weighted by Crippen LogP contribution is 2.37. The predicted molar refractivity (Wildman–Crippen MR) is 104 cm³/mol. The quantitative estimate of drug-likeness (QED) is 0.608. The Balaban J connectivity index is 1.48. The fraction of sp³-hybridized carbons (Fsp3) is 0.474. The molecule has 0 aromatic carbocycles. The van der Waals surface area contributed by atoms with E-state index < -0.39 is 0 Å². The molecule has 7 heteroatoms. The second kappa shape index (κ2) is 7.50. The lowest BCUT2D eigenvalue weighted by atomic mass is 9.83. The lowest BCUT2D eigenvalue weighted by molar-refractivity contribution is 0.408. The van der Waals surface area contributed by atoms with Gasteiger partial charge in [-0.3, -0.25) is 0 Å². The Morgan fingerprint density at radius 1 is 1.12 bits per heavy atom. The maximum atomic E-state index is 9.04. The zero-order chi connectivity index (χ0) is 17.9. The van der Waals surface area contributed by atoms with E-state index in [1.165, 1.54) is 25.0 Å². The Kier molecular flexibility index (Phi) is 4.93. The van der Waals surface area contributed by atoms with Gasteiger partial charge in [-0.15, -0.1) is 0 Å². The molecule has 1 saturated heterocycles. The van der Waals surface area contributed by atoms with Crippen molar-refractivity contribution in [2.24, 2.45) is 0 Å². The summed E-state index contributed by atoms with van der Waals surface area (Å²) < 4.78 is 0. The minimum atomic E-state index is 0.468. The van der Waals surface area contributed by atoms with Crippen LogP contribution in [0.3, 0.4) is 0 Å². The minimum absolute atomic E-state index is 0.468. The van der Waals surface area contributed by atoms with Gasteiger partial charge in [-0.2, -0.15) is 5.26 Å². The maximum absolute atomic E-state index is 9.04. The highest BCUT2D eigenvalue weighted by atomic mass is 32.2. The molecule has 0 unspecified atom stereocenters. The van der Waals surface area contributed by atoms with Crippen molar-refractivity contribution in [3.8, 4) is 6.07 Å². The zero-order valence-electron chi connectivity index (χ0n) is 14.9. The van der Waals surface area contributed by atoms with Crippen LogP contribution in [0.5, 0.6) is 0 Å². The highest BCUT2D eigenvalue weighted by molar-refractivity contribution is 7.98. The second-order valence-corrected chi connectivity index (χ2v) is 7.52. The average molecular weight is 366 g/mol. The van der Waals surface area contributed by atoms with Crippen molar-refractivity contribution in [1.29, 1.82) is 5.26 Å². The molecule has 0 atom stereocenters. The average Bonchev–Trinajstić information content (AvgIpc) is 2.66. The molecular weight excluding hydrogens is 344 g/mol. The van der Waals surface area contributed by atoms with Crippen LogP contribution in [0.1, 0.15) is 36.6 Å². The Bertz CT molecular complexity index is 821. The molecular formula is C19H22N6S. The molecule has 0 spiro atoms. The lowest BCUT2D eigenvalue weighted by Crippen LogP contribution is -2.47. The number of nitrogens with zero attached hydrogens (tertiary/aromatic N) is 6. The van der Waals surface area contributed by atoms with E-state index in [-0.39, 0.29) is 0 Å². The summed E-state index contributed by atoms with van der Waals surface area (Å²) in [7, 11) is 0. The van der Waals surface area contributed by atoms with Crippen LogP contribution < -0.4 is 9.80 Å². The normalized spacial score (nSPS) is 17.7. The van der Waals surface area contributed by atoms with Crippen molar-refractivity contribution in [2.45, 2.75) is 30.3 Å². The van der Waals surface area contributed by atoms with Crippen molar-refractivity contribution in [1.82, 2.24) is 15.0 Å². The third kappa shape index (κ3) is 3.47. The van der Waals surface area contributed by atoms with Crippen LogP contribution in [0.2, 0.25) is 0 Å². The third-order valence-electron chi connectivity index (χ3n) is 5.24. The molecule has 4 rings (SSSR count). The van der Waals surface area contributed by atoms with E-state index in [9.17, 15) is 0 Å². The summed E-state index contributed by atoms with van der Waals surface area (Å²) in [5, 5.41) is 9.92. The molecule has 1 aliphatic heterocycles. The van der Waals surface area contributed by atoms with Gasteiger partial charge in [0.2, 0.25) is 0 Å². The van der Waals surface area contributed by atoms with Gasteiger partial charge in [0.1, 0.15) is 17.6 Å². The van der Waals surface area contributed by atoms with Gasteiger partial charge in [-0.05, 0) is 31.2 Å². The van der Waals surface area contributed by atoms with E-state index in [4.69, 9.17) is 15.2 Å². The standard InChI is InChI=1S/C19H22N6S/c1-26-19-22-17(14-3-2-4-14)12-18(23-19)25-9-7-24(8-10-25)16-5-6-21-15(11-16)13-20/h5-6,11-12,14H,2-4,7-10H2,1H3. The predicted octanol–water partition coefficient (Wildman–Crippen LogP) is 3.06. The first-order valence-corrected chi connectivity index (χ1v) is 10.3. The zero-order valence-corrected chi connectivity index (χ0v) is 15.7. The van der Waals surface area contributed by atoms with E-state index in [1.807, 2.05) is 18.4 Å². The molecule has 1 aliphatic carbocycles. The smallest absolute Gasteiger partial charge is 0.189 e. The lowest BCUT2D eigenvalue weighted by Gasteiger charge is -2.37. The van der Waals surface area contributed by atoms with Gasteiger partial charge in [-0.1, -0.05) is 18.2 Å². The molecule has 26 heavy (non-hydrogen) atoms. The van der Waals surface area contributed by atoms with Crippen LogP contribution in [-0.4, -0.2) is 47.4 Å². The number of piperazine rings is 1. The van der Waals surface area contributed by atoms with Gasteiger partial charge < -0.3 is 9.80 Å². The first-order valence-electron chi connectivity index (χ1n) is 9.06. The van der Waals surface area contributed by atoms with Gasteiger partial charge in [0.25, 0.3) is 0 Å². The molecule has 2 aromatic rings. The molecule has 2 fully saturated rings. The van der Waals surface area contributed by atoms with Gasteiger partial charge in [0.15, 0.2) is 5.16 Å². The fourth-order valence-corrected chi connectivity index (χ4v) is 3.85. The van der Waals surface area contributed by atoms with E-state index >= 15 is 0 Å². The monoisotopic (exact) mass is 366 g/mol. The molecule has 0 N–H and O–H groups in total. The van der Waals surface area contributed by atoms with Crippen LogP contribution in [0, 0.1) is 11.3 Å². The number of anilines is 2. The van der Waals surface area contributed by atoms with Gasteiger partial charge in [0, 0.05) is 50.0 Å². The first-order chi connectivity index (χ1) is 12.8. The summed E-state index contributed by atoms with van der Waals surface area (Å²) >= 11 is 1.62. The van der Waals surface area contributed by atoms with E-state index in [0.717, 1.165) is 42.8 Å². The molecule has 1 saturated carbocycles. The summed E-state index contributed by atoms with van der Waals surface area (Å²) in [4.78, 5) is 18.2. The van der Waals surface area contributed by atoms with Crippen LogP contribution in [0.25, 0.3) is 0 Å². The van der Waals surface area contributed by atoms with Crippen LogP contribution >= 0.6 is 11.8 Å². The van der Waals surface area contributed by atoms with Crippen LogP contribution in [0.4, 0.5) is 11.5 Å². The number of rotatable bonds is 4. The molecule has 3 heterocycles. The van der Waals surface area contributed by atoms with E-state index in [2.05, 4.69) is 26.9 Å². The second-order valence-electron chi connectivity index (χ2n) is 6.75. The topological polar surface area (TPSA) is 68.9 Å².